The number of benzene rings is 2. The van der Waals surface area contributed by atoms with Gasteiger partial charge in [-0.1, -0.05) is 30.3 Å². The molecule has 0 bridgehead atoms. The van der Waals surface area contributed by atoms with Crippen molar-refractivity contribution in [1.29, 1.82) is 0 Å². The van der Waals surface area contributed by atoms with Gasteiger partial charge in [0.05, 0.1) is 12.9 Å². The molecule has 0 saturated heterocycles. The molecule has 0 saturated carbocycles. The van der Waals surface area contributed by atoms with Crippen LogP contribution in [-0.4, -0.2) is 25.0 Å². The molecule has 0 spiro atoms. The second-order valence-corrected chi connectivity index (χ2v) is 5.54. The molecule has 0 aliphatic heterocycles. The Labute approximate surface area is 129 Å². The van der Waals surface area contributed by atoms with Crippen molar-refractivity contribution in [1.82, 2.24) is 0 Å². The molecule has 2 rings (SSSR count). The molecule has 3 nitrogen and oxygen atoms in total. The monoisotopic (exact) mass is 301 g/mol. The van der Waals surface area contributed by atoms with Gasteiger partial charge in [-0.2, -0.15) is 11.8 Å². The number of rotatable bonds is 6. The molecule has 110 valence electrons. The van der Waals surface area contributed by atoms with Crippen LogP contribution in [0, 0.1) is 0 Å². The average Bonchev–Trinajstić information content (AvgIpc) is 2.49. The summed E-state index contributed by atoms with van der Waals surface area (Å²) >= 11 is 1.51. The molecule has 2 aromatic carbocycles. The molecule has 0 heterocycles. The number of hydrogen-bond donors (Lipinski definition) is 1. The Bertz CT molecular complexity index is 599. The highest BCUT2D eigenvalue weighted by atomic mass is 32.2. The molecule has 0 fully saturated rings. The number of hydrogen-bond acceptors (Lipinski definition) is 3. The van der Waals surface area contributed by atoms with Crippen LogP contribution in [0.2, 0.25) is 0 Å². The van der Waals surface area contributed by atoms with Gasteiger partial charge >= 0.3 is 0 Å². The summed E-state index contributed by atoms with van der Waals surface area (Å²) in [5, 5.41) is 2.91. The first kappa shape index (κ1) is 15.4. The van der Waals surface area contributed by atoms with E-state index in [1.54, 1.807) is 7.11 Å². The molecule has 2 aromatic rings. The largest absolute Gasteiger partial charge is 0.496 e. The third-order valence-electron chi connectivity index (χ3n) is 3.08. The lowest BCUT2D eigenvalue weighted by Gasteiger charge is -2.12. The second-order valence-electron chi connectivity index (χ2n) is 4.67. The van der Waals surface area contributed by atoms with Gasteiger partial charge in [0.25, 0.3) is 0 Å². The number of ether oxygens (including phenoxy) is 1. The van der Waals surface area contributed by atoms with Gasteiger partial charge in [0.2, 0.25) is 5.91 Å². The molecule has 4 heteroatoms. The molecular formula is C17H19NO2S. The molecular weight excluding hydrogens is 282 g/mol. The Hall–Kier alpha value is -1.94. The minimum absolute atomic E-state index is 0.0123. The van der Waals surface area contributed by atoms with E-state index in [-0.39, 0.29) is 5.91 Å². The maximum atomic E-state index is 11.7. The molecule has 0 atom stereocenters. The number of anilines is 1. The lowest BCUT2D eigenvalue weighted by atomic mass is 10.0. The van der Waals surface area contributed by atoms with Crippen LogP contribution in [0.1, 0.15) is 11.1 Å². The van der Waals surface area contributed by atoms with E-state index in [2.05, 4.69) is 17.4 Å². The van der Waals surface area contributed by atoms with Crippen LogP contribution in [0.4, 0.5) is 5.69 Å². The molecule has 1 N–H and O–H groups in total. The van der Waals surface area contributed by atoms with Crippen LogP contribution in [0.5, 0.6) is 5.75 Å². The first-order chi connectivity index (χ1) is 10.2. The van der Waals surface area contributed by atoms with E-state index in [0.717, 1.165) is 23.4 Å². The summed E-state index contributed by atoms with van der Waals surface area (Å²) in [6, 6.07) is 15.9. The molecule has 0 unspecified atom stereocenters. The van der Waals surface area contributed by atoms with Gasteiger partial charge in [-0.3, -0.25) is 4.79 Å². The average molecular weight is 301 g/mol. The lowest BCUT2D eigenvalue weighted by Crippen LogP contribution is -2.14. The fraction of sp³-hybridized carbons (Fsp3) is 0.235. The Morgan fingerprint density at radius 1 is 1.19 bits per heavy atom. The van der Waals surface area contributed by atoms with Gasteiger partial charge < -0.3 is 10.1 Å². The van der Waals surface area contributed by atoms with Crippen molar-refractivity contribution in [3.8, 4) is 5.75 Å². The summed E-state index contributed by atoms with van der Waals surface area (Å²) in [7, 11) is 1.66. The number of nitrogens with one attached hydrogen (secondary N) is 1. The minimum Gasteiger partial charge on any atom is -0.496 e. The van der Waals surface area contributed by atoms with E-state index in [1.807, 2.05) is 42.7 Å². The van der Waals surface area contributed by atoms with Crippen LogP contribution >= 0.6 is 11.8 Å². The van der Waals surface area contributed by atoms with E-state index in [1.165, 1.54) is 17.3 Å². The van der Waals surface area contributed by atoms with Crippen molar-refractivity contribution < 1.29 is 9.53 Å². The van der Waals surface area contributed by atoms with Crippen molar-refractivity contribution in [3.05, 3.63) is 59.7 Å². The molecule has 1 amide bonds. The van der Waals surface area contributed by atoms with Gasteiger partial charge in [-0.15, -0.1) is 0 Å². The summed E-state index contributed by atoms with van der Waals surface area (Å²) < 4.78 is 5.41. The second kappa shape index (κ2) is 7.74. The molecule has 0 radical (unpaired) electrons. The quantitative estimate of drug-likeness (QED) is 0.886. The summed E-state index contributed by atoms with van der Waals surface area (Å²) in [4.78, 5) is 11.7. The molecule has 0 aliphatic carbocycles. The third kappa shape index (κ3) is 4.53. The number of carbonyl (C=O) groups excluding carboxylic acids is 1. The van der Waals surface area contributed by atoms with Gasteiger partial charge in [-0.25, -0.2) is 0 Å². The van der Waals surface area contributed by atoms with E-state index < -0.39 is 0 Å². The fourth-order valence-electron chi connectivity index (χ4n) is 2.14. The van der Waals surface area contributed by atoms with Crippen LogP contribution in [0.15, 0.2) is 48.5 Å². The van der Waals surface area contributed by atoms with Gasteiger partial charge in [0.1, 0.15) is 5.75 Å². The zero-order valence-electron chi connectivity index (χ0n) is 12.3. The smallest absolute Gasteiger partial charge is 0.234 e. The van der Waals surface area contributed by atoms with Crippen molar-refractivity contribution in [2.75, 3.05) is 24.4 Å². The molecule has 0 aliphatic rings. The summed E-state index contributed by atoms with van der Waals surface area (Å²) in [5.74, 6) is 1.31. The highest BCUT2D eigenvalue weighted by Gasteiger charge is 2.07. The van der Waals surface area contributed by atoms with Crippen LogP contribution in [-0.2, 0) is 11.2 Å². The van der Waals surface area contributed by atoms with Gasteiger partial charge in [0, 0.05) is 17.7 Å². The van der Waals surface area contributed by atoms with Gasteiger partial charge in [0.15, 0.2) is 0 Å². The summed E-state index contributed by atoms with van der Waals surface area (Å²) in [6.45, 7) is 0. The highest BCUT2D eigenvalue weighted by Crippen LogP contribution is 2.25. The Kier molecular flexibility index (Phi) is 5.69. The molecule has 21 heavy (non-hydrogen) atoms. The zero-order valence-corrected chi connectivity index (χ0v) is 13.1. The number of amides is 1. The van der Waals surface area contributed by atoms with Crippen molar-refractivity contribution >= 4 is 23.4 Å². The van der Waals surface area contributed by atoms with Crippen molar-refractivity contribution in [2.24, 2.45) is 0 Å². The SMILES string of the molecule is COc1ccc(NC(=O)CSC)cc1Cc1ccccc1. The minimum atomic E-state index is 0.0123. The van der Waals surface area contributed by atoms with E-state index in [4.69, 9.17) is 4.74 Å². The third-order valence-corrected chi connectivity index (χ3v) is 3.63. The summed E-state index contributed by atoms with van der Waals surface area (Å²) in [6.07, 6.45) is 2.69. The molecule has 0 aromatic heterocycles. The van der Waals surface area contributed by atoms with E-state index in [9.17, 15) is 4.79 Å². The van der Waals surface area contributed by atoms with Crippen molar-refractivity contribution in [2.45, 2.75) is 6.42 Å². The normalized spacial score (nSPS) is 10.2. The van der Waals surface area contributed by atoms with E-state index in [0.29, 0.717) is 5.75 Å². The van der Waals surface area contributed by atoms with Crippen LogP contribution in [0.3, 0.4) is 0 Å². The topological polar surface area (TPSA) is 38.3 Å². The zero-order chi connectivity index (χ0) is 15.1. The van der Waals surface area contributed by atoms with Crippen molar-refractivity contribution in [3.63, 3.8) is 0 Å². The Morgan fingerprint density at radius 2 is 1.95 bits per heavy atom. The predicted octanol–water partition coefficient (Wildman–Crippen LogP) is 3.59. The predicted molar refractivity (Wildman–Crippen MR) is 89.3 cm³/mol. The number of methoxy groups -OCH3 is 1. The fourth-order valence-corrected chi connectivity index (χ4v) is 2.47. The van der Waals surface area contributed by atoms with Crippen LogP contribution in [0.25, 0.3) is 0 Å². The summed E-state index contributed by atoms with van der Waals surface area (Å²) in [5.41, 5.74) is 3.08. The first-order valence-corrected chi connectivity index (χ1v) is 8.12. The van der Waals surface area contributed by atoms with E-state index >= 15 is 0 Å². The first-order valence-electron chi connectivity index (χ1n) is 6.72. The van der Waals surface area contributed by atoms with Crippen LogP contribution < -0.4 is 10.1 Å². The highest BCUT2D eigenvalue weighted by molar-refractivity contribution is 7.99. The maximum absolute atomic E-state index is 11.7. The standard InChI is InChI=1S/C17H19NO2S/c1-20-16-9-8-15(18-17(19)12-21-2)11-14(16)10-13-6-4-3-5-7-13/h3-9,11H,10,12H2,1-2H3,(H,18,19). The number of carbonyl (C=O) groups is 1. The van der Waals surface area contributed by atoms with Gasteiger partial charge in [-0.05, 0) is 30.0 Å². The Balaban J connectivity index is 2.20. The Morgan fingerprint density at radius 3 is 2.62 bits per heavy atom. The number of thioether (sulfide) groups is 1. The maximum Gasteiger partial charge on any atom is 0.234 e. The lowest BCUT2D eigenvalue weighted by molar-refractivity contribution is -0.113.